The zero-order valence-corrected chi connectivity index (χ0v) is 30.1. The average molecular weight is 715 g/mol. The molecule has 2 aliphatic carbocycles. The predicted octanol–water partition coefficient (Wildman–Crippen LogP) is 6.72. The van der Waals surface area contributed by atoms with Gasteiger partial charge in [0.1, 0.15) is 5.65 Å². The standard InChI is InChI=1S/C39H41Cl2N5O4/c1-22-31(21-43-26-18-39(3,49)19-26)37(47)46-14-13-23(15-33(46)44-22)27-7-5-8-28(34(27)40)29-9-6-10-30(35(29)41)32-12-11-24(36(45-32)50-4)20-42-25-16-38(2,48)17-25/h5-15,25-26,42-43,48-49H,16-21H2,1-4H3/t25-,26-,38+,39+. The van der Waals surface area contributed by atoms with Crippen LogP contribution in [0.15, 0.2) is 71.7 Å². The van der Waals surface area contributed by atoms with E-state index in [4.69, 9.17) is 37.9 Å². The molecule has 260 valence electrons. The van der Waals surface area contributed by atoms with E-state index in [1.54, 1.807) is 17.7 Å². The van der Waals surface area contributed by atoms with E-state index in [1.807, 2.05) is 81.4 Å². The van der Waals surface area contributed by atoms with E-state index in [-0.39, 0.29) is 17.6 Å². The molecule has 2 aromatic carbocycles. The number of hydrogen-bond acceptors (Lipinski definition) is 8. The number of methoxy groups -OCH3 is 1. The lowest BCUT2D eigenvalue weighted by atomic mass is 9.77. The number of pyridine rings is 2. The van der Waals surface area contributed by atoms with Gasteiger partial charge < -0.3 is 25.6 Å². The Morgan fingerprint density at radius 3 is 2.04 bits per heavy atom. The van der Waals surface area contributed by atoms with Crippen LogP contribution in [0.5, 0.6) is 5.88 Å². The van der Waals surface area contributed by atoms with Crippen LogP contribution in [0.2, 0.25) is 10.0 Å². The van der Waals surface area contributed by atoms with E-state index < -0.39 is 11.2 Å². The van der Waals surface area contributed by atoms with Gasteiger partial charge in [-0.3, -0.25) is 9.20 Å². The van der Waals surface area contributed by atoms with Crippen LogP contribution in [-0.2, 0) is 13.1 Å². The van der Waals surface area contributed by atoms with E-state index in [1.165, 1.54) is 0 Å². The number of nitrogens with zero attached hydrogens (tertiary/aromatic N) is 3. The highest BCUT2D eigenvalue weighted by Crippen LogP contribution is 2.42. The molecule has 3 heterocycles. The maximum atomic E-state index is 13.5. The van der Waals surface area contributed by atoms with E-state index >= 15 is 0 Å². The summed E-state index contributed by atoms with van der Waals surface area (Å²) in [5.41, 5.74) is 5.92. The van der Waals surface area contributed by atoms with Crippen LogP contribution in [-0.4, -0.2) is 55.0 Å². The summed E-state index contributed by atoms with van der Waals surface area (Å²) in [7, 11) is 1.60. The van der Waals surface area contributed by atoms with Crippen LogP contribution in [0.25, 0.3) is 39.2 Å². The van der Waals surface area contributed by atoms with Crippen LogP contribution >= 0.6 is 23.2 Å². The molecule has 2 saturated carbocycles. The Bertz CT molecular complexity index is 2150. The number of aliphatic hydroxyl groups is 2. The highest BCUT2D eigenvalue weighted by molar-refractivity contribution is 6.39. The Balaban J connectivity index is 1.15. The summed E-state index contributed by atoms with van der Waals surface area (Å²) < 4.78 is 7.21. The summed E-state index contributed by atoms with van der Waals surface area (Å²) in [6.45, 7) is 6.50. The Labute approximate surface area is 301 Å². The van der Waals surface area contributed by atoms with E-state index in [9.17, 15) is 15.0 Å². The van der Waals surface area contributed by atoms with Crippen molar-refractivity contribution in [3.63, 3.8) is 0 Å². The van der Waals surface area contributed by atoms with E-state index in [0.717, 1.165) is 46.2 Å². The van der Waals surface area contributed by atoms with Crippen molar-refractivity contribution in [3.05, 3.63) is 104 Å². The molecular formula is C39H41Cl2N5O4. The number of ether oxygens (including phenoxy) is 1. The van der Waals surface area contributed by atoms with Gasteiger partial charge in [-0.2, -0.15) is 0 Å². The van der Waals surface area contributed by atoms with E-state index in [0.29, 0.717) is 64.5 Å². The second-order valence-electron chi connectivity index (χ2n) is 14.3. The lowest BCUT2D eigenvalue weighted by molar-refractivity contribution is -0.0399. The molecule has 0 unspecified atom stereocenters. The number of aromatic nitrogens is 3. The molecule has 0 atom stereocenters. The Hall–Kier alpha value is -3.83. The van der Waals surface area contributed by atoms with Crippen LogP contribution in [0.4, 0.5) is 0 Å². The maximum Gasteiger partial charge on any atom is 0.262 e. The molecule has 3 aromatic heterocycles. The molecule has 0 aliphatic heterocycles. The second kappa shape index (κ2) is 13.4. The molecule has 5 aromatic rings. The van der Waals surface area contributed by atoms with Crippen molar-refractivity contribution in [1.82, 2.24) is 25.0 Å². The molecule has 2 aliphatic rings. The lowest BCUT2D eigenvalue weighted by Gasteiger charge is -2.41. The molecule has 0 amide bonds. The number of halogens is 2. The molecule has 0 spiro atoms. The number of fused-ring (bicyclic) bond motifs is 1. The minimum atomic E-state index is -0.636. The fourth-order valence-corrected chi connectivity index (χ4v) is 7.94. The summed E-state index contributed by atoms with van der Waals surface area (Å²) >= 11 is 14.2. The molecule has 2 fully saturated rings. The fourth-order valence-electron chi connectivity index (χ4n) is 7.28. The molecule has 11 heteroatoms. The first-order chi connectivity index (χ1) is 23.8. The molecular weight excluding hydrogens is 673 g/mol. The predicted molar refractivity (Wildman–Crippen MR) is 198 cm³/mol. The topological polar surface area (TPSA) is 121 Å². The summed E-state index contributed by atoms with van der Waals surface area (Å²) in [6, 6.07) is 19.7. The van der Waals surface area contributed by atoms with Gasteiger partial charge >= 0.3 is 0 Å². The maximum absolute atomic E-state index is 13.5. The van der Waals surface area contributed by atoms with Gasteiger partial charge in [-0.1, -0.05) is 65.7 Å². The van der Waals surface area contributed by atoms with Gasteiger partial charge in [0.15, 0.2) is 0 Å². The molecule has 9 nitrogen and oxygen atoms in total. The largest absolute Gasteiger partial charge is 0.481 e. The van der Waals surface area contributed by atoms with Crippen molar-refractivity contribution in [2.75, 3.05) is 7.11 Å². The Morgan fingerprint density at radius 2 is 1.42 bits per heavy atom. The quantitative estimate of drug-likeness (QED) is 0.126. The van der Waals surface area contributed by atoms with Crippen molar-refractivity contribution in [2.45, 2.75) is 82.8 Å². The SMILES string of the molecule is COc1nc(-c2cccc(-c3cccc(-c4ccn5c(=O)c(CN[C@H]6C[C@@](C)(O)C6)c(C)nc5c4)c3Cl)c2Cl)ccc1CN[C@H]1C[C@@](C)(O)C1. The highest BCUT2D eigenvalue weighted by Gasteiger charge is 2.38. The third kappa shape index (κ3) is 6.78. The molecule has 0 bridgehead atoms. The smallest absolute Gasteiger partial charge is 0.262 e. The number of hydrogen-bond donors (Lipinski definition) is 4. The lowest BCUT2D eigenvalue weighted by Crippen LogP contribution is -2.51. The van der Waals surface area contributed by atoms with Crippen LogP contribution in [0, 0.1) is 6.92 Å². The van der Waals surface area contributed by atoms with Crippen LogP contribution < -0.4 is 20.9 Å². The van der Waals surface area contributed by atoms with Gasteiger partial charge in [-0.05, 0) is 70.2 Å². The molecule has 0 saturated heterocycles. The Kier molecular flexibility index (Phi) is 9.26. The van der Waals surface area contributed by atoms with Crippen molar-refractivity contribution >= 4 is 28.8 Å². The summed E-state index contributed by atoms with van der Waals surface area (Å²) in [4.78, 5) is 23.0. The first kappa shape index (κ1) is 34.6. The van der Waals surface area contributed by atoms with Gasteiger partial charge in [0.25, 0.3) is 5.56 Å². The van der Waals surface area contributed by atoms with Crippen LogP contribution in [0.3, 0.4) is 0 Å². The first-order valence-electron chi connectivity index (χ1n) is 16.9. The summed E-state index contributed by atoms with van der Waals surface area (Å²) in [6.07, 6.45) is 4.50. The van der Waals surface area contributed by atoms with Gasteiger partial charge in [0, 0.05) is 64.9 Å². The molecule has 7 rings (SSSR count). The van der Waals surface area contributed by atoms with Gasteiger partial charge in [-0.25, -0.2) is 9.97 Å². The molecule has 50 heavy (non-hydrogen) atoms. The number of aryl methyl sites for hydroxylation is 1. The van der Waals surface area contributed by atoms with Crippen molar-refractivity contribution in [2.24, 2.45) is 0 Å². The fraction of sp³-hybridized carbons (Fsp3) is 0.359. The van der Waals surface area contributed by atoms with Gasteiger partial charge in [-0.15, -0.1) is 0 Å². The van der Waals surface area contributed by atoms with Gasteiger partial charge in [0.2, 0.25) is 5.88 Å². The number of nitrogens with one attached hydrogen (secondary N) is 2. The first-order valence-corrected chi connectivity index (χ1v) is 17.6. The van der Waals surface area contributed by atoms with Crippen LogP contribution in [0.1, 0.15) is 56.4 Å². The highest BCUT2D eigenvalue weighted by atomic mass is 35.5. The molecule has 0 radical (unpaired) electrons. The third-order valence-electron chi connectivity index (χ3n) is 10.0. The Morgan fingerprint density at radius 1 is 0.840 bits per heavy atom. The monoisotopic (exact) mass is 713 g/mol. The number of benzene rings is 2. The van der Waals surface area contributed by atoms with Gasteiger partial charge in [0.05, 0.1) is 39.6 Å². The normalized spacial score (nSPS) is 23.0. The van der Waals surface area contributed by atoms with Crippen molar-refractivity contribution < 1.29 is 14.9 Å². The zero-order chi connectivity index (χ0) is 35.4. The van der Waals surface area contributed by atoms with Crippen molar-refractivity contribution in [1.29, 1.82) is 0 Å². The number of rotatable bonds is 10. The summed E-state index contributed by atoms with van der Waals surface area (Å²) in [5.74, 6) is 0.512. The van der Waals surface area contributed by atoms with Crippen molar-refractivity contribution in [3.8, 4) is 39.4 Å². The zero-order valence-electron chi connectivity index (χ0n) is 28.6. The average Bonchev–Trinajstić information content (AvgIpc) is 3.05. The minimum Gasteiger partial charge on any atom is -0.481 e. The van der Waals surface area contributed by atoms with E-state index in [2.05, 4.69) is 10.6 Å². The summed E-state index contributed by atoms with van der Waals surface area (Å²) in [5, 5.41) is 28.0. The minimum absolute atomic E-state index is 0.122. The second-order valence-corrected chi connectivity index (χ2v) is 15.0. The molecule has 4 N–H and O–H groups in total. The third-order valence-corrected chi connectivity index (χ3v) is 10.8.